The largest absolute Gasteiger partial charge is 0.465 e. The van der Waals surface area contributed by atoms with E-state index in [1.165, 1.54) is 11.0 Å². The molecular weight excluding hydrogens is 272 g/mol. The third kappa shape index (κ3) is 2.54. The Labute approximate surface area is 120 Å². The van der Waals surface area contributed by atoms with Crippen molar-refractivity contribution in [1.82, 2.24) is 14.9 Å². The third-order valence-electron chi connectivity index (χ3n) is 3.95. The van der Waals surface area contributed by atoms with Crippen molar-refractivity contribution in [2.75, 3.05) is 25.0 Å². The molecule has 1 atom stereocenters. The molecule has 1 saturated heterocycles. The molecule has 0 aliphatic carbocycles. The van der Waals surface area contributed by atoms with Crippen molar-refractivity contribution >= 4 is 22.8 Å². The van der Waals surface area contributed by atoms with Crippen LogP contribution in [-0.2, 0) is 0 Å². The molecule has 0 spiro atoms. The van der Waals surface area contributed by atoms with Crippen LogP contribution in [0.3, 0.4) is 0 Å². The Morgan fingerprint density at radius 2 is 2.33 bits per heavy atom. The summed E-state index contributed by atoms with van der Waals surface area (Å²) in [7, 11) is 1.94. The second-order valence-electron chi connectivity index (χ2n) is 5.24. The quantitative estimate of drug-likeness (QED) is 0.864. The van der Waals surface area contributed by atoms with Gasteiger partial charge in [0, 0.05) is 37.6 Å². The smallest absolute Gasteiger partial charge is 0.407 e. The number of likely N-dealkylation sites (tertiary alicyclic amines) is 1. The fraction of sp³-hybridized carbons (Fsp3) is 0.357. The number of H-pyrrole nitrogens is 1. The van der Waals surface area contributed by atoms with E-state index in [1.54, 1.807) is 12.3 Å². The molecule has 21 heavy (non-hydrogen) atoms. The summed E-state index contributed by atoms with van der Waals surface area (Å²) >= 11 is 0. The first-order chi connectivity index (χ1) is 10.0. The highest BCUT2D eigenvalue weighted by molar-refractivity contribution is 5.78. The van der Waals surface area contributed by atoms with E-state index >= 15 is 0 Å². The van der Waals surface area contributed by atoms with E-state index in [-0.39, 0.29) is 11.6 Å². The standard InChI is InChI=1S/C14H16N4O3/c1-17(10-4-5-18(8-10)14(20)21)11-6-9-2-3-12(19)16-13(9)15-7-11/h2-3,6-7,10H,4-5,8H2,1H3,(H,20,21)(H,15,16,19). The van der Waals surface area contributed by atoms with Crippen molar-refractivity contribution in [3.05, 3.63) is 34.7 Å². The Bertz CT molecular complexity index is 742. The highest BCUT2D eigenvalue weighted by Crippen LogP contribution is 2.23. The van der Waals surface area contributed by atoms with Gasteiger partial charge in [0.1, 0.15) is 5.65 Å². The van der Waals surface area contributed by atoms with E-state index in [2.05, 4.69) is 9.97 Å². The van der Waals surface area contributed by atoms with Gasteiger partial charge in [-0.3, -0.25) is 4.79 Å². The molecule has 2 aromatic rings. The Morgan fingerprint density at radius 1 is 1.52 bits per heavy atom. The minimum Gasteiger partial charge on any atom is -0.465 e. The molecular formula is C14H16N4O3. The van der Waals surface area contributed by atoms with Gasteiger partial charge in [0.2, 0.25) is 5.56 Å². The Hall–Kier alpha value is -2.57. The predicted octanol–water partition coefficient (Wildman–Crippen LogP) is 1.11. The second kappa shape index (κ2) is 5.08. The molecule has 2 aromatic heterocycles. The molecule has 1 unspecified atom stereocenters. The maximum Gasteiger partial charge on any atom is 0.407 e. The minimum atomic E-state index is -0.875. The van der Waals surface area contributed by atoms with Crippen molar-refractivity contribution in [2.45, 2.75) is 12.5 Å². The van der Waals surface area contributed by atoms with Gasteiger partial charge in [-0.15, -0.1) is 0 Å². The van der Waals surface area contributed by atoms with Crippen LogP contribution >= 0.6 is 0 Å². The molecule has 0 radical (unpaired) electrons. The number of carbonyl (C=O) groups is 1. The molecule has 1 fully saturated rings. The number of rotatable bonds is 2. The predicted molar refractivity (Wildman–Crippen MR) is 78.8 cm³/mol. The summed E-state index contributed by atoms with van der Waals surface area (Å²) in [4.78, 5) is 32.6. The van der Waals surface area contributed by atoms with E-state index in [9.17, 15) is 9.59 Å². The lowest BCUT2D eigenvalue weighted by Gasteiger charge is -2.26. The lowest BCUT2D eigenvalue weighted by molar-refractivity contribution is 0.155. The van der Waals surface area contributed by atoms with Gasteiger partial charge in [-0.05, 0) is 18.6 Å². The summed E-state index contributed by atoms with van der Waals surface area (Å²) in [5, 5.41) is 9.87. The Balaban J connectivity index is 1.85. The monoisotopic (exact) mass is 288 g/mol. The van der Waals surface area contributed by atoms with Gasteiger partial charge in [-0.1, -0.05) is 0 Å². The first-order valence-corrected chi connectivity index (χ1v) is 6.74. The number of likely N-dealkylation sites (N-methyl/N-ethyl adjacent to an activating group) is 1. The normalized spacial score (nSPS) is 18.1. The number of hydrogen-bond donors (Lipinski definition) is 2. The summed E-state index contributed by atoms with van der Waals surface area (Å²) in [6.45, 7) is 1.05. The SMILES string of the molecule is CN(c1cnc2[nH]c(=O)ccc2c1)C1CCN(C(=O)O)C1. The van der Waals surface area contributed by atoms with Crippen molar-refractivity contribution < 1.29 is 9.90 Å². The highest BCUT2D eigenvalue weighted by atomic mass is 16.4. The molecule has 1 aliphatic heterocycles. The van der Waals surface area contributed by atoms with E-state index in [0.717, 1.165) is 17.5 Å². The third-order valence-corrected chi connectivity index (χ3v) is 3.95. The minimum absolute atomic E-state index is 0.142. The van der Waals surface area contributed by atoms with Gasteiger partial charge in [0.25, 0.3) is 0 Å². The van der Waals surface area contributed by atoms with E-state index in [1.807, 2.05) is 18.0 Å². The van der Waals surface area contributed by atoms with Gasteiger partial charge in [-0.25, -0.2) is 9.78 Å². The molecule has 2 N–H and O–H groups in total. The number of nitrogens with zero attached hydrogens (tertiary/aromatic N) is 3. The van der Waals surface area contributed by atoms with E-state index in [4.69, 9.17) is 5.11 Å². The van der Waals surface area contributed by atoms with Crippen LogP contribution in [0.4, 0.5) is 10.5 Å². The molecule has 110 valence electrons. The fourth-order valence-corrected chi connectivity index (χ4v) is 2.66. The van der Waals surface area contributed by atoms with Crippen LogP contribution in [0, 0.1) is 0 Å². The summed E-state index contributed by atoms with van der Waals surface area (Å²) < 4.78 is 0. The average molecular weight is 288 g/mol. The maximum atomic E-state index is 11.2. The van der Waals surface area contributed by atoms with Crippen LogP contribution in [0.25, 0.3) is 11.0 Å². The van der Waals surface area contributed by atoms with Crippen LogP contribution in [0.15, 0.2) is 29.2 Å². The number of aromatic nitrogens is 2. The van der Waals surface area contributed by atoms with Gasteiger partial charge in [0.05, 0.1) is 11.9 Å². The van der Waals surface area contributed by atoms with Crippen LogP contribution in [0.5, 0.6) is 0 Å². The van der Waals surface area contributed by atoms with Gasteiger partial charge in [-0.2, -0.15) is 0 Å². The number of carboxylic acid groups (broad SMARTS) is 1. The lowest BCUT2D eigenvalue weighted by Crippen LogP contribution is -2.36. The van der Waals surface area contributed by atoms with Crippen LogP contribution in [0.1, 0.15) is 6.42 Å². The number of amides is 1. The fourth-order valence-electron chi connectivity index (χ4n) is 2.66. The first kappa shape index (κ1) is 13.4. The number of anilines is 1. The average Bonchev–Trinajstić information content (AvgIpc) is 2.96. The molecule has 0 saturated carbocycles. The van der Waals surface area contributed by atoms with E-state index in [0.29, 0.717) is 18.7 Å². The molecule has 0 bridgehead atoms. The number of fused-ring (bicyclic) bond motifs is 1. The topological polar surface area (TPSA) is 89.5 Å². The van der Waals surface area contributed by atoms with Crippen LogP contribution in [-0.4, -0.2) is 52.2 Å². The number of pyridine rings is 2. The summed E-state index contributed by atoms with van der Waals surface area (Å²) in [6, 6.07) is 5.29. The lowest BCUT2D eigenvalue weighted by atomic mass is 10.2. The summed E-state index contributed by atoms with van der Waals surface area (Å²) in [5.74, 6) is 0. The van der Waals surface area contributed by atoms with Gasteiger partial charge in [0.15, 0.2) is 0 Å². The van der Waals surface area contributed by atoms with Crippen LogP contribution in [0.2, 0.25) is 0 Å². The summed E-state index contributed by atoms with van der Waals surface area (Å²) in [5.41, 5.74) is 1.29. The maximum absolute atomic E-state index is 11.2. The second-order valence-corrected chi connectivity index (χ2v) is 5.24. The molecule has 7 nitrogen and oxygen atoms in total. The van der Waals surface area contributed by atoms with Gasteiger partial charge < -0.3 is 19.9 Å². The zero-order chi connectivity index (χ0) is 15.0. The van der Waals surface area contributed by atoms with Crippen molar-refractivity contribution in [2.24, 2.45) is 0 Å². The molecule has 3 rings (SSSR count). The van der Waals surface area contributed by atoms with Crippen molar-refractivity contribution in [3.8, 4) is 0 Å². The Morgan fingerprint density at radius 3 is 3.05 bits per heavy atom. The molecule has 3 heterocycles. The van der Waals surface area contributed by atoms with Gasteiger partial charge >= 0.3 is 6.09 Å². The molecule has 7 heteroatoms. The highest BCUT2D eigenvalue weighted by Gasteiger charge is 2.28. The number of nitrogens with one attached hydrogen (secondary N) is 1. The zero-order valence-corrected chi connectivity index (χ0v) is 11.6. The van der Waals surface area contributed by atoms with Crippen molar-refractivity contribution in [1.29, 1.82) is 0 Å². The summed E-state index contributed by atoms with van der Waals surface area (Å²) in [6.07, 6.45) is 1.62. The first-order valence-electron chi connectivity index (χ1n) is 6.74. The van der Waals surface area contributed by atoms with Crippen LogP contribution < -0.4 is 10.5 Å². The Kier molecular flexibility index (Phi) is 3.25. The van der Waals surface area contributed by atoms with E-state index < -0.39 is 6.09 Å². The molecule has 0 aromatic carbocycles. The van der Waals surface area contributed by atoms with Crippen molar-refractivity contribution in [3.63, 3.8) is 0 Å². The zero-order valence-electron chi connectivity index (χ0n) is 11.6. The number of aromatic amines is 1. The molecule has 1 amide bonds. The molecule has 1 aliphatic rings. The number of hydrogen-bond acceptors (Lipinski definition) is 4.